The number of nitrogens with one attached hydrogen (secondary N) is 1. The van der Waals surface area contributed by atoms with E-state index in [4.69, 9.17) is 0 Å². The molecule has 1 aromatic carbocycles. The average Bonchev–Trinajstić information content (AvgIpc) is 2.22. The smallest absolute Gasteiger partial charge is 0.123 e. The van der Waals surface area contributed by atoms with Gasteiger partial charge in [-0.3, -0.25) is 4.98 Å². The Hall–Kier alpha value is -1.42. The van der Waals surface area contributed by atoms with E-state index in [1.54, 1.807) is 18.5 Å². The topological polar surface area (TPSA) is 24.9 Å². The Kier molecular flexibility index (Phi) is 3.19. The van der Waals surface area contributed by atoms with E-state index in [1.165, 1.54) is 12.1 Å². The maximum atomic E-state index is 12.9. The van der Waals surface area contributed by atoms with Gasteiger partial charge in [-0.1, -0.05) is 0 Å². The Morgan fingerprint density at radius 1 is 1.25 bits per heavy atom. The number of hydrogen-bond acceptors (Lipinski definition) is 2. The van der Waals surface area contributed by atoms with Crippen molar-refractivity contribution < 1.29 is 4.39 Å². The highest BCUT2D eigenvalue weighted by atomic mass is 79.9. The molecule has 1 heterocycles. The second-order valence-electron chi connectivity index (χ2n) is 3.48. The maximum Gasteiger partial charge on any atom is 0.123 e. The summed E-state index contributed by atoms with van der Waals surface area (Å²) in [5, 5.41) is 3.18. The molecule has 2 nitrogen and oxygen atoms in total. The summed E-state index contributed by atoms with van der Waals surface area (Å²) >= 11 is 3.34. The fourth-order valence-electron chi connectivity index (χ4n) is 1.40. The lowest BCUT2D eigenvalue weighted by Gasteiger charge is -2.09. The molecule has 82 valence electrons. The molecule has 2 aromatic rings. The zero-order valence-electron chi connectivity index (χ0n) is 8.67. The van der Waals surface area contributed by atoms with Gasteiger partial charge in [0.05, 0.1) is 11.9 Å². The van der Waals surface area contributed by atoms with E-state index in [9.17, 15) is 4.39 Å². The highest BCUT2D eigenvalue weighted by molar-refractivity contribution is 9.10. The van der Waals surface area contributed by atoms with E-state index in [2.05, 4.69) is 26.2 Å². The molecule has 1 aromatic heterocycles. The first-order valence-corrected chi connectivity index (χ1v) is 5.58. The first-order chi connectivity index (χ1) is 7.65. The first kappa shape index (κ1) is 11.1. The van der Waals surface area contributed by atoms with Crippen molar-refractivity contribution in [2.75, 3.05) is 5.32 Å². The molecule has 0 fully saturated rings. The second kappa shape index (κ2) is 4.61. The highest BCUT2D eigenvalue weighted by Gasteiger charge is 2.01. The van der Waals surface area contributed by atoms with Gasteiger partial charge in [-0.15, -0.1) is 0 Å². The van der Waals surface area contributed by atoms with Crippen molar-refractivity contribution >= 4 is 27.3 Å². The van der Waals surface area contributed by atoms with Gasteiger partial charge in [-0.05, 0) is 52.7 Å². The Morgan fingerprint density at radius 2 is 2.06 bits per heavy atom. The number of halogens is 2. The van der Waals surface area contributed by atoms with Crippen LogP contribution in [0.4, 0.5) is 15.8 Å². The number of pyridine rings is 1. The van der Waals surface area contributed by atoms with Crippen LogP contribution in [0.3, 0.4) is 0 Å². The van der Waals surface area contributed by atoms with Crippen molar-refractivity contribution in [2.45, 2.75) is 6.92 Å². The van der Waals surface area contributed by atoms with E-state index >= 15 is 0 Å². The lowest BCUT2D eigenvalue weighted by Crippen LogP contribution is -1.94. The zero-order chi connectivity index (χ0) is 11.5. The lowest BCUT2D eigenvalue weighted by molar-refractivity contribution is 0.627. The van der Waals surface area contributed by atoms with Crippen LogP contribution >= 0.6 is 15.9 Å². The molecule has 16 heavy (non-hydrogen) atoms. The van der Waals surface area contributed by atoms with Crippen molar-refractivity contribution in [1.82, 2.24) is 4.98 Å². The molecule has 4 heteroatoms. The number of benzene rings is 1. The van der Waals surface area contributed by atoms with Gasteiger partial charge in [-0.25, -0.2) is 4.39 Å². The monoisotopic (exact) mass is 280 g/mol. The number of anilines is 2. The van der Waals surface area contributed by atoms with Gasteiger partial charge in [0.15, 0.2) is 0 Å². The fraction of sp³-hybridized carbons (Fsp3) is 0.0833. The van der Waals surface area contributed by atoms with Crippen LogP contribution in [0.5, 0.6) is 0 Å². The number of rotatable bonds is 2. The molecule has 0 saturated heterocycles. The van der Waals surface area contributed by atoms with Crippen LogP contribution in [0.25, 0.3) is 0 Å². The van der Waals surface area contributed by atoms with E-state index < -0.39 is 0 Å². The van der Waals surface area contributed by atoms with Crippen molar-refractivity contribution in [3.8, 4) is 0 Å². The van der Waals surface area contributed by atoms with Crippen LogP contribution in [0.2, 0.25) is 0 Å². The summed E-state index contributed by atoms with van der Waals surface area (Å²) in [6, 6.07) is 6.55. The number of nitrogens with zero attached hydrogens (tertiary/aromatic N) is 1. The summed E-state index contributed by atoms with van der Waals surface area (Å²) in [4.78, 5) is 4.04. The number of hydrogen-bond donors (Lipinski definition) is 1. The average molecular weight is 281 g/mol. The molecule has 0 radical (unpaired) electrons. The molecule has 0 atom stereocenters. The van der Waals surface area contributed by atoms with E-state index in [1.807, 2.05) is 13.0 Å². The van der Waals surface area contributed by atoms with Crippen LogP contribution < -0.4 is 5.32 Å². The van der Waals surface area contributed by atoms with Crippen molar-refractivity contribution in [3.05, 3.63) is 52.5 Å². The van der Waals surface area contributed by atoms with Crippen molar-refractivity contribution in [3.63, 3.8) is 0 Å². The molecule has 0 saturated carbocycles. The predicted octanol–water partition coefficient (Wildman–Crippen LogP) is 4.04. The largest absolute Gasteiger partial charge is 0.354 e. The summed E-state index contributed by atoms with van der Waals surface area (Å²) in [5.74, 6) is -0.226. The number of aryl methyl sites for hydroxylation is 1. The lowest BCUT2D eigenvalue weighted by atomic mass is 10.2. The molecule has 0 bridgehead atoms. The molecule has 0 unspecified atom stereocenters. The maximum absolute atomic E-state index is 12.9. The molecule has 0 spiro atoms. The zero-order valence-corrected chi connectivity index (χ0v) is 10.3. The summed E-state index contributed by atoms with van der Waals surface area (Å²) in [7, 11) is 0. The number of aromatic nitrogens is 1. The summed E-state index contributed by atoms with van der Waals surface area (Å²) in [6.07, 6.45) is 3.43. The Bertz CT molecular complexity index is 514. The molecular formula is C12H10BrFN2. The standard InChI is InChI=1S/C12H10BrFN2/c1-8-4-10(14)2-3-12(8)16-11-5-9(13)6-15-7-11/h2-7,16H,1H3. The fourth-order valence-corrected chi connectivity index (χ4v) is 1.77. The molecule has 1 N–H and O–H groups in total. The van der Waals surface area contributed by atoms with Crippen LogP contribution in [-0.4, -0.2) is 4.98 Å². The summed E-state index contributed by atoms with van der Waals surface area (Å²) < 4.78 is 13.8. The Labute approximate surface area is 102 Å². The van der Waals surface area contributed by atoms with Gasteiger partial charge >= 0.3 is 0 Å². The molecule has 0 aliphatic carbocycles. The predicted molar refractivity (Wildman–Crippen MR) is 66.4 cm³/mol. The van der Waals surface area contributed by atoms with Gasteiger partial charge in [0.25, 0.3) is 0 Å². The van der Waals surface area contributed by atoms with Gasteiger partial charge in [0.2, 0.25) is 0 Å². The molecule has 0 aliphatic heterocycles. The molecular weight excluding hydrogens is 271 g/mol. The van der Waals surface area contributed by atoms with E-state index in [-0.39, 0.29) is 5.82 Å². The Morgan fingerprint density at radius 3 is 2.75 bits per heavy atom. The third kappa shape index (κ3) is 2.58. The van der Waals surface area contributed by atoms with Gasteiger partial charge in [0, 0.05) is 16.4 Å². The molecule has 2 rings (SSSR count). The normalized spacial score (nSPS) is 10.2. The SMILES string of the molecule is Cc1cc(F)ccc1Nc1cncc(Br)c1. The third-order valence-corrected chi connectivity index (χ3v) is 2.61. The minimum Gasteiger partial charge on any atom is -0.354 e. The van der Waals surface area contributed by atoms with Crippen molar-refractivity contribution in [2.24, 2.45) is 0 Å². The summed E-state index contributed by atoms with van der Waals surface area (Å²) in [5.41, 5.74) is 2.60. The first-order valence-electron chi connectivity index (χ1n) is 4.79. The van der Waals surface area contributed by atoms with E-state index in [0.29, 0.717) is 0 Å². The quantitative estimate of drug-likeness (QED) is 0.898. The molecule has 0 aliphatic rings. The minimum absolute atomic E-state index is 0.226. The van der Waals surface area contributed by atoms with Crippen LogP contribution in [-0.2, 0) is 0 Å². The van der Waals surface area contributed by atoms with Crippen molar-refractivity contribution in [1.29, 1.82) is 0 Å². The highest BCUT2D eigenvalue weighted by Crippen LogP contribution is 2.22. The van der Waals surface area contributed by atoms with Gasteiger partial charge < -0.3 is 5.32 Å². The van der Waals surface area contributed by atoms with Crippen LogP contribution in [0, 0.1) is 12.7 Å². The Balaban J connectivity index is 2.27. The second-order valence-corrected chi connectivity index (χ2v) is 4.39. The van der Waals surface area contributed by atoms with E-state index in [0.717, 1.165) is 21.4 Å². The van der Waals surface area contributed by atoms with Gasteiger partial charge in [0.1, 0.15) is 5.82 Å². The van der Waals surface area contributed by atoms with Crippen LogP contribution in [0.15, 0.2) is 41.1 Å². The third-order valence-electron chi connectivity index (χ3n) is 2.17. The van der Waals surface area contributed by atoms with Crippen LogP contribution in [0.1, 0.15) is 5.56 Å². The molecule has 0 amide bonds. The van der Waals surface area contributed by atoms with Gasteiger partial charge in [-0.2, -0.15) is 0 Å². The minimum atomic E-state index is -0.226. The summed E-state index contributed by atoms with van der Waals surface area (Å²) in [6.45, 7) is 1.86.